The van der Waals surface area contributed by atoms with Crippen LogP contribution in [-0.2, 0) is 11.3 Å². The number of amides is 2. The third-order valence-electron chi connectivity index (χ3n) is 4.64. The van der Waals surface area contributed by atoms with Gasteiger partial charge in [0.25, 0.3) is 5.91 Å². The first-order valence-electron chi connectivity index (χ1n) is 9.25. The molecule has 1 aromatic carbocycles. The Labute approximate surface area is 175 Å². The second-order valence-electron chi connectivity index (χ2n) is 6.85. The molecule has 4 rings (SSSR count). The van der Waals surface area contributed by atoms with Crippen molar-refractivity contribution in [3.63, 3.8) is 0 Å². The van der Waals surface area contributed by atoms with Crippen LogP contribution in [0.3, 0.4) is 0 Å². The summed E-state index contributed by atoms with van der Waals surface area (Å²) in [6.45, 7) is 0.108. The summed E-state index contributed by atoms with van der Waals surface area (Å²) in [6.07, 6.45) is 2.91. The van der Waals surface area contributed by atoms with Gasteiger partial charge in [0, 0.05) is 13.2 Å². The number of hydrogen-bond acceptors (Lipinski definition) is 6. The molecular weight excluding hydrogens is 405 g/mol. The van der Waals surface area contributed by atoms with Gasteiger partial charge in [-0.1, -0.05) is 0 Å². The van der Waals surface area contributed by atoms with Crippen LogP contribution in [0.1, 0.15) is 21.7 Å². The minimum absolute atomic E-state index is 0.0350. The molecule has 156 valence electrons. The zero-order chi connectivity index (χ0) is 22.0. The SMILES string of the molecule is CN1C(=O)[C@@H](NC(=O)c2nc[n+](Cc3cc(F)cc(C#N)c3)[nH]2)COc2cccnc21. The molecule has 31 heavy (non-hydrogen) atoms. The van der Waals surface area contributed by atoms with Crippen LogP contribution in [0.5, 0.6) is 5.75 Å². The first kappa shape index (κ1) is 20.0. The van der Waals surface area contributed by atoms with Crippen LogP contribution in [0.25, 0.3) is 0 Å². The standard InChI is InChI=1S/C20H16FN7O3/c1-27-18-16(3-2-4-23-18)31-10-15(20(27)30)25-19(29)17-24-11-28(26-17)9-13-5-12(8-22)6-14(21)7-13/h2-7,11,15H,9-10H2,1H3,(H,25,29)/p+1/t15-/m0/s1. The number of pyridine rings is 1. The summed E-state index contributed by atoms with van der Waals surface area (Å²) >= 11 is 0. The fraction of sp³-hybridized carbons (Fsp3) is 0.200. The van der Waals surface area contributed by atoms with E-state index in [1.165, 1.54) is 22.0 Å². The maximum Gasteiger partial charge on any atom is 0.340 e. The summed E-state index contributed by atoms with van der Waals surface area (Å²) in [6, 6.07) is 8.30. The van der Waals surface area contributed by atoms with E-state index < -0.39 is 17.8 Å². The number of carbonyl (C=O) groups excluding carboxylic acids is 2. The highest BCUT2D eigenvalue weighted by Gasteiger charge is 2.33. The molecule has 10 nitrogen and oxygen atoms in total. The van der Waals surface area contributed by atoms with Crippen molar-refractivity contribution in [2.75, 3.05) is 18.6 Å². The van der Waals surface area contributed by atoms with Gasteiger partial charge in [0.05, 0.1) is 11.6 Å². The maximum atomic E-state index is 13.6. The highest BCUT2D eigenvalue weighted by molar-refractivity contribution is 6.01. The number of likely N-dealkylation sites (N-methyl/N-ethyl adjacent to an activating group) is 1. The molecule has 0 bridgehead atoms. The summed E-state index contributed by atoms with van der Waals surface area (Å²) in [5, 5.41) is 14.3. The van der Waals surface area contributed by atoms with Crippen molar-refractivity contribution in [1.29, 1.82) is 5.26 Å². The lowest BCUT2D eigenvalue weighted by Gasteiger charge is -2.18. The zero-order valence-corrected chi connectivity index (χ0v) is 16.4. The molecule has 0 spiro atoms. The van der Waals surface area contributed by atoms with Gasteiger partial charge in [0.15, 0.2) is 11.6 Å². The van der Waals surface area contributed by atoms with E-state index in [4.69, 9.17) is 10.00 Å². The number of aromatic amines is 1. The van der Waals surface area contributed by atoms with Crippen LogP contribution < -0.4 is 19.6 Å². The number of hydrogen-bond donors (Lipinski definition) is 2. The number of benzene rings is 1. The smallest absolute Gasteiger partial charge is 0.340 e. The normalized spacial score (nSPS) is 15.5. The van der Waals surface area contributed by atoms with E-state index in [0.29, 0.717) is 17.1 Å². The van der Waals surface area contributed by atoms with Gasteiger partial charge < -0.3 is 10.1 Å². The number of anilines is 1. The van der Waals surface area contributed by atoms with E-state index in [1.54, 1.807) is 31.4 Å². The Morgan fingerprint density at radius 1 is 1.45 bits per heavy atom. The molecule has 11 heteroatoms. The summed E-state index contributed by atoms with van der Waals surface area (Å²) < 4.78 is 20.7. The second-order valence-corrected chi connectivity index (χ2v) is 6.85. The van der Waals surface area contributed by atoms with Crippen LogP contribution in [-0.4, -0.2) is 46.6 Å². The Balaban J connectivity index is 1.45. The van der Waals surface area contributed by atoms with Gasteiger partial charge in [0.1, 0.15) is 25.0 Å². The van der Waals surface area contributed by atoms with Gasteiger partial charge >= 0.3 is 18.1 Å². The minimum Gasteiger partial charge on any atom is -0.487 e. The maximum absolute atomic E-state index is 13.6. The van der Waals surface area contributed by atoms with E-state index in [-0.39, 0.29) is 30.4 Å². The molecule has 0 saturated heterocycles. The van der Waals surface area contributed by atoms with E-state index in [2.05, 4.69) is 20.4 Å². The van der Waals surface area contributed by atoms with E-state index in [1.807, 2.05) is 6.07 Å². The molecule has 2 aromatic heterocycles. The molecular formula is C20H17FN7O3+. The van der Waals surface area contributed by atoms with Crippen molar-refractivity contribution in [1.82, 2.24) is 20.4 Å². The van der Waals surface area contributed by atoms with Crippen LogP contribution in [0, 0.1) is 17.1 Å². The minimum atomic E-state index is -0.938. The molecule has 2 amide bonds. The Kier molecular flexibility index (Phi) is 5.28. The topological polar surface area (TPSA) is 128 Å². The molecule has 0 unspecified atom stereocenters. The molecule has 3 heterocycles. The van der Waals surface area contributed by atoms with Crippen molar-refractivity contribution in [2.45, 2.75) is 12.6 Å². The molecule has 0 aliphatic carbocycles. The Hall–Kier alpha value is -4.33. The number of nitrogens with one attached hydrogen (secondary N) is 2. The molecule has 0 saturated carbocycles. The van der Waals surface area contributed by atoms with Gasteiger partial charge in [0.2, 0.25) is 0 Å². The van der Waals surface area contributed by atoms with E-state index >= 15 is 0 Å². The molecule has 3 aromatic rings. The van der Waals surface area contributed by atoms with Gasteiger partial charge in [-0.15, -0.1) is 0 Å². The summed E-state index contributed by atoms with van der Waals surface area (Å²) in [7, 11) is 1.55. The molecule has 2 N–H and O–H groups in total. The van der Waals surface area contributed by atoms with Gasteiger partial charge in [-0.3, -0.25) is 14.5 Å². The molecule has 0 radical (unpaired) electrons. The molecule has 0 fully saturated rings. The number of halogens is 1. The lowest BCUT2D eigenvalue weighted by molar-refractivity contribution is -0.743. The summed E-state index contributed by atoms with van der Waals surface area (Å²) in [5.74, 6) is -0.741. The van der Waals surface area contributed by atoms with Crippen LogP contribution in [0.15, 0.2) is 42.9 Å². The summed E-state index contributed by atoms with van der Waals surface area (Å²) in [4.78, 5) is 34.8. The van der Waals surface area contributed by atoms with Gasteiger partial charge in [-0.25, -0.2) is 9.37 Å². The number of carbonyl (C=O) groups is 2. The number of aromatic nitrogens is 4. The first-order chi connectivity index (χ1) is 14.9. The molecule has 1 aliphatic heterocycles. The number of rotatable bonds is 4. The van der Waals surface area contributed by atoms with Crippen LogP contribution in [0.4, 0.5) is 10.2 Å². The van der Waals surface area contributed by atoms with Crippen molar-refractivity contribution in [2.24, 2.45) is 0 Å². The zero-order valence-electron chi connectivity index (χ0n) is 16.4. The predicted octanol–water partition coefficient (Wildman–Crippen LogP) is 0.305. The van der Waals surface area contributed by atoms with E-state index in [0.717, 1.165) is 6.07 Å². The van der Waals surface area contributed by atoms with Crippen molar-refractivity contribution in [3.05, 3.63) is 65.6 Å². The Bertz CT molecular complexity index is 1200. The monoisotopic (exact) mass is 422 g/mol. The number of ether oxygens (including phenoxy) is 1. The lowest BCUT2D eigenvalue weighted by Crippen LogP contribution is -2.50. The van der Waals surface area contributed by atoms with Crippen LogP contribution in [0.2, 0.25) is 0 Å². The largest absolute Gasteiger partial charge is 0.487 e. The van der Waals surface area contributed by atoms with Crippen molar-refractivity contribution >= 4 is 17.6 Å². The van der Waals surface area contributed by atoms with Gasteiger partial charge in [-0.05, 0) is 40.9 Å². The van der Waals surface area contributed by atoms with Crippen molar-refractivity contribution < 1.29 is 23.4 Å². The quantitative estimate of drug-likeness (QED) is 0.583. The van der Waals surface area contributed by atoms with Crippen molar-refractivity contribution in [3.8, 4) is 11.8 Å². The third-order valence-corrected chi connectivity index (χ3v) is 4.64. The number of nitriles is 1. The Morgan fingerprint density at radius 3 is 3.10 bits per heavy atom. The fourth-order valence-corrected chi connectivity index (χ4v) is 3.17. The number of H-pyrrole nitrogens is 1. The van der Waals surface area contributed by atoms with Gasteiger partial charge in [-0.2, -0.15) is 15.0 Å². The average molecular weight is 422 g/mol. The number of fused-ring (bicyclic) bond motifs is 1. The molecule has 1 aliphatic rings. The fourth-order valence-electron chi connectivity index (χ4n) is 3.17. The lowest BCUT2D eigenvalue weighted by atomic mass is 10.1. The Morgan fingerprint density at radius 2 is 2.29 bits per heavy atom. The second kappa shape index (κ2) is 8.19. The third kappa shape index (κ3) is 4.18. The van der Waals surface area contributed by atoms with Crippen LogP contribution >= 0.6 is 0 Å². The highest BCUT2D eigenvalue weighted by Crippen LogP contribution is 2.27. The average Bonchev–Trinajstić information content (AvgIpc) is 3.19. The molecule has 1 atom stereocenters. The summed E-state index contributed by atoms with van der Waals surface area (Å²) in [5.41, 5.74) is 0.718. The first-order valence-corrected chi connectivity index (χ1v) is 9.25. The predicted molar refractivity (Wildman–Crippen MR) is 103 cm³/mol. The highest BCUT2D eigenvalue weighted by atomic mass is 19.1. The van der Waals surface area contributed by atoms with E-state index in [9.17, 15) is 14.0 Å². The number of nitrogens with zero attached hydrogens (tertiary/aromatic N) is 5.